The maximum Gasteiger partial charge on any atom is 0.319 e. The fourth-order valence-electron chi connectivity index (χ4n) is 3.60. The maximum absolute atomic E-state index is 14.9. The van der Waals surface area contributed by atoms with E-state index >= 15 is 0 Å². The van der Waals surface area contributed by atoms with E-state index in [1.807, 2.05) is 0 Å². The van der Waals surface area contributed by atoms with Crippen molar-refractivity contribution < 1.29 is 13.6 Å². The number of aromatic nitrogens is 3. The second kappa shape index (κ2) is 9.11. The molecular formula is C24H34ClFN4O2Si. The van der Waals surface area contributed by atoms with Gasteiger partial charge in [0.05, 0.1) is 12.0 Å². The Morgan fingerprint density at radius 2 is 1.79 bits per heavy atom. The zero-order valence-electron chi connectivity index (χ0n) is 20.3. The van der Waals surface area contributed by atoms with Gasteiger partial charge >= 0.3 is 6.01 Å². The molecule has 2 aromatic rings. The minimum atomic E-state index is -1.84. The summed E-state index contributed by atoms with van der Waals surface area (Å²) >= 11 is 5.96. The fraction of sp³-hybridized carbons (Fsp3) is 0.625. The molecule has 33 heavy (non-hydrogen) atoms. The lowest BCUT2D eigenvalue weighted by molar-refractivity contribution is 0.144. The summed E-state index contributed by atoms with van der Waals surface area (Å²) in [7, 11) is -1.84. The third-order valence-electron chi connectivity index (χ3n) is 7.21. The summed E-state index contributed by atoms with van der Waals surface area (Å²) < 4.78 is 27.4. The second-order valence-electron chi connectivity index (χ2n) is 10.8. The Morgan fingerprint density at radius 1 is 1.12 bits per heavy atom. The Kier molecular flexibility index (Phi) is 6.73. The van der Waals surface area contributed by atoms with E-state index in [-0.39, 0.29) is 27.1 Å². The first-order valence-electron chi connectivity index (χ1n) is 11.7. The third kappa shape index (κ3) is 5.33. The SMILES string of the molecule is CC(C)(C)[Si](C)(C)OCC1(COc2nc(N3CCC=CCC3)c3cnc(Cl)c(F)c3n2)CC1. The third-order valence-corrected chi connectivity index (χ3v) is 12.0. The zero-order valence-corrected chi connectivity index (χ0v) is 22.0. The molecule has 0 aromatic carbocycles. The molecule has 9 heteroatoms. The van der Waals surface area contributed by atoms with Crippen molar-refractivity contribution in [2.45, 2.75) is 64.6 Å². The Hall–Kier alpha value is -1.77. The van der Waals surface area contributed by atoms with Crippen LogP contribution in [0.3, 0.4) is 0 Å². The van der Waals surface area contributed by atoms with Crippen molar-refractivity contribution in [3.8, 4) is 6.01 Å². The largest absolute Gasteiger partial charge is 0.463 e. The van der Waals surface area contributed by atoms with E-state index in [9.17, 15) is 4.39 Å². The van der Waals surface area contributed by atoms with E-state index in [0.717, 1.165) is 38.8 Å². The molecule has 0 bridgehead atoms. The topological polar surface area (TPSA) is 60.4 Å². The summed E-state index contributed by atoms with van der Waals surface area (Å²) in [6, 6.07) is 0.175. The maximum atomic E-state index is 14.9. The lowest BCUT2D eigenvalue weighted by Gasteiger charge is -2.37. The molecule has 0 atom stereocenters. The van der Waals surface area contributed by atoms with Gasteiger partial charge in [0, 0.05) is 31.3 Å². The van der Waals surface area contributed by atoms with Gasteiger partial charge in [0.15, 0.2) is 19.3 Å². The number of pyridine rings is 1. The number of fused-ring (bicyclic) bond motifs is 1. The van der Waals surface area contributed by atoms with E-state index in [1.54, 1.807) is 6.20 Å². The van der Waals surface area contributed by atoms with Crippen LogP contribution >= 0.6 is 11.6 Å². The van der Waals surface area contributed by atoms with Gasteiger partial charge in [0.1, 0.15) is 11.3 Å². The molecule has 2 aromatic heterocycles. The van der Waals surface area contributed by atoms with E-state index in [4.69, 9.17) is 25.7 Å². The van der Waals surface area contributed by atoms with Crippen molar-refractivity contribution in [2.75, 3.05) is 31.2 Å². The van der Waals surface area contributed by atoms with Crippen molar-refractivity contribution in [1.82, 2.24) is 15.0 Å². The van der Waals surface area contributed by atoms with E-state index in [0.29, 0.717) is 24.4 Å². The zero-order chi connectivity index (χ0) is 23.9. The average Bonchev–Trinajstić information content (AvgIpc) is 3.57. The van der Waals surface area contributed by atoms with Gasteiger partial charge < -0.3 is 14.1 Å². The summed E-state index contributed by atoms with van der Waals surface area (Å²) in [4.78, 5) is 15.2. The van der Waals surface area contributed by atoms with Gasteiger partial charge in [0.2, 0.25) is 0 Å². The summed E-state index contributed by atoms with van der Waals surface area (Å²) in [5, 5.41) is 0.512. The van der Waals surface area contributed by atoms with Crippen LogP contribution in [0.2, 0.25) is 23.3 Å². The minimum absolute atomic E-state index is 0.0189. The molecule has 0 radical (unpaired) electrons. The molecule has 0 amide bonds. The molecule has 0 N–H and O–H groups in total. The Labute approximate surface area is 201 Å². The van der Waals surface area contributed by atoms with Gasteiger partial charge in [0.25, 0.3) is 0 Å². The number of anilines is 1. The monoisotopic (exact) mass is 492 g/mol. The smallest absolute Gasteiger partial charge is 0.319 e. The highest BCUT2D eigenvalue weighted by molar-refractivity contribution is 6.74. The van der Waals surface area contributed by atoms with Crippen LogP contribution in [0.5, 0.6) is 6.01 Å². The molecule has 6 nitrogen and oxygen atoms in total. The van der Waals surface area contributed by atoms with Crippen LogP contribution in [0.4, 0.5) is 10.2 Å². The summed E-state index contributed by atoms with van der Waals surface area (Å²) in [5.74, 6) is 0.00199. The highest BCUT2D eigenvalue weighted by Gasteiger charge is 2.47. The van der Waals surface area contributed by atoms with Gasteiger partial charge in [-0.25, -0.2) is 9.37 Å². The first-order valence-corrected chi connectivity index (χ1v) is 15.0. The highest BCUT2D eigenvalue weighted by Crippen LogP contribution is 2.48. The van der Waals surface area contributed by atoms with Crippen molar-refractivity contribution in [1.29, 1.82) is 0 Å². The van der Waals surface area contributed by atoms with Crippen molar-refractivity contribution in [3.63, 3.8) is 0 Å². The van der Waals surface area contributed by atoms with E-state index in [1.165, 1.54) is 0 Å². The standard InChI is InChI=1S/C24H34ClFN4O2Si/c1-23(2,3)33(4,5)32-16-24(10-11-24)15-31-22-28-19-17(14-27-20(25)18(19)26)21(29-22)30-12-8-6-7-9-13-30/h6-7,14H,8-13,15-16H2,1-5H3. The van der Waals surface area contributed by atoms with Gasteiger partial charge in [-0.1, -0.05) is 44.5 Å². The van der Waals surface area contributed by atoms with Crippen LogP contribution in [0.15, 0.2) is 18.3 Å². The lowest BCUT2D eigenvalue weighted by atomic mass is 10.1. The molecule has 1 saturated carbocycles. The minimum Gasteiger partial charge on any atom is -0.463 e. The molecule has 4 rings (SSSR count). The average molecular weight is 493 g/mol. The van der Waals surface area contributed by atoms with Crippen molar-refractivity contribution in [2.24, 2.45) is 5.41 Å². The summed E-state index contributed by atoms with van der Waals surface area (Å²) in [5.41, 5.74) is 0.129. The molecule has 1 aliphatic heterocycles. The molecule has 0 spiro atoms. The number of ether oxygens (including phenoxy) is 1. The van der Waals surface area contributed by atoms with Crippen molar-refractivity contribution >= 4 is 36.6 Å². The molecule has 3 heterocycles. The van der Waals surface area contributed by atoms with E-state index in [2.05, 4.69) is 60.9 Å². The number of hydrogen-bond acceptors (Lipinski definition) is 6. The van der Waals surface area contributed by atoms with Crippen LogP contribution in [0.1, 0.15) is 46.5 Å². The van der Waals surface area contributed by atoms with Crippen LogP contribution in [0.25, 0.3) is 10.9 Å². The number of nitrogens with zero attached hydrogens (tertiary/aromatic N) is 4. The fourth-order valence-corrected chi connectivity index (χ4v) is 4.84. The van der Waals surface area contributed by atoms with Crippen LogP contribution in [-0.2, 0) is 4.43 Å². The predicted octanol–water partition coefficient (Wildman–Crippen LogP) is 6.15. The van der Waals surface area contributed by atoms with Crippen molar-refractivity contribution in [3.05, 3.63) is 29.3 Å². The van der Waals surface area contributed by atoms with Crippen LogP contribution in [0, 0.1) is 11.2 Å². The number of hydrogen-bond donors (Lipinski definition) is 0. The predicted molar refractivity (Wildman–Crippen MR) is 133 cm³/mol. The Bertz CT molecular complexity index is 1040. The molecule has 1 aliphatic carbocycles. The van der Waals surface area contributed by atoms with Crippen LogP contribution < -0.4 is 9.64 Å². The van der Waals surface area contributed by atoms with E-state index < -0.39 is 14.1 Å². The molecule has 0 saturated heterocycles. The second-order valence-corrected chi connectivity index (χ2v) is 16.0. The number of halogens is 2. The Balaban J connectivity index is 1.56. The lowest BCUT2D eigenvalue weighted by Crippen LogP contribution is -2.42. The van der Waals surface area contributed by atoms with Gasteiger partial charge in [-0.3, -0.25) is 0 Å². The van der Waals surface area contributed by atoms with Gasteiger partial charge in [-0.15, -0.1) is 0 Å². The summed E-state index contributed by atoms with van der Waals surface area (Å²) in [6.45, 7) is 14.0. The molecule has 0 unspecified atom stereocenters. The molecule has 2 aliphatic rings. The van der Waals surface area contributed by atoms with Gasteiger partial charge in [-0.2, -0.15) is 9.97 Å². The molecular weight excluding hydrogens is 459 g/mol. The Morgan fingerprint density at radius 3 is 2.39 bits per heavy atom. The first-order chi connectivity index (χ1) is 15.5. The van der Waals surface area contributed by atoms with Crippen LogP contribution in [-0.4, -0.2) is 49.6 Å². The highest BCUT2D eigenvalue weighted by atomic mass is 35.5. The first kappa shape index (κ1) is 24.4. The van der Waals surface area contributed by atoms with Gasteiger partial charge in [-0.05, 0) is 43.8 Å². The quantitative estimate of drug-likeness (QED) is 0.262. The number of rotatable bonds is 7. The molecule has 1 fully saturated rings. The normalized spacial score (nSPS) is 18.5. The molecule has 180 valence electrons. The summed E-state index contributed by atoms with van der Waals surface area (Å²) in [6.07, 6.45) is 9.77.